The summed E-state index contributed by atoms with van der Waals surface area (Å²) >= 11 is 0. The third-order valence-electron chi connectivity index (χ3n) is 6.72. The van der Waals surface area contributed by atoms with E-state index in [9.17, 15) is 25.2 Å². The van der Waals surface area contributed by atoms with Gasteiger partial charge in [0, 0.05) is 23.8 Å². The Morgan fingerprint density at radius 2 is 1.35 bits per heavy atom. The second kappa shape index (κ2) is 13.8. The molecule has 1 heterocycles. The molecule has 0 unspecified atom stereocenters. The van der Waals surface area contributed by atoms with Gasteiger partial charge in [-0.05, 0) is 37.5 Å². The summed E-state index contributed by atoms with van der Waals surface area (Å²) in [7, 11) is 1.41. The zero-order chi connectivity index (χ0) is 26.8. The van der Waals surface area contributed by atoms with E-state index in [4.69, 9.17) is 14.3 Å². The van der Waals surface area contributed by atoms with Crippen LogP contribution in [0.15, 0.2) is 33.5 Å². The predicted molar refractivity (Wildman–Crippen MR) is 143 cm³/mol. The first-order valence-electron chi connectivity index (χ1n) is 13.1. The molecule has 1 aromatic heterocycles. The lowest BCUT2D eigenvalue weighted by Crippen LogP contribution is -2.07. The fourth-order valence-corrected chi connectivity index (χ4v) is 4.67. The van der Waals surface area contributed by atoms with Crippen molar-refractivity contribution in [2.24, 2.45) is 0 Å². The van der Waals surface area contributed by atoms with Crippen LogP contribution in [0.25, 0.3) is 22.3 Å². The Labute approximate surface area is 216 Å². The molecule has 0 atom stereocenters. The molecular weight excluding hydrogens is 476 g/mol. The third-order valence-corrected chi connectivity index (χ3v) is 6.72. The molecule has 3 aromatic rings. The molecule has 202 valence electrons. The van der Waals surface area contributed by atoms with Crippen LogP contribution in [-0.2, 0) is 6.42 Å². The van der Waals surface area contributed by atoms with E-state index in [2.05, 4.69) is 0 Å². The van der Waals surface area contributed by atoms with Crippen LogP contribution in [0, 0.1) is 0 Å². The van der Waals surface area contributed by atoms with Crippen molar-refractivity contribution in [3.63, 3.8) is 0 Å². The van der Waals surface area contributed by atoms with Crippen molar-refractivity contribution in [2.45, 2.75) is 77.0 Å². The van der Waals surface area contributed by atoms with Crippen molar-refractivity contribution in [1.82, 2.24) is 0 Å². The van der Waals surface area contributed by atoms with Gasteiger partial charge in [0.25, 0.3) is 0 Å². The average molecular weight is 515 g/mol. The second-order valence-corrected chi connectivity index (χ2v) is 9.46. The number of rotatable bonds is 15. The van der Waals surface area contributed by atoms with Gasteiger partial charge in [0.1, 0.15) is 22.5 Å². The largest absolute Gasteiger partial charge is 0.507 e. The van der Waals surface area contributed by atoms with E-state index in [1.165, 1.54) is 63.5 Å². The average Bonchev–Trinajstić information content (AvgIpc) is 2.88. The van der Waals surface area contributed by atoms with Crippen LogP contribution in [0.3, 0.4) is 0 Å². The van der Waals surface area contributed by atoms with E-state index < -0.39 is 16.9 Å². The first-order valence-corrected chi connectivity index (χ1v) is 13.1. The molecule has 0 bridgehead atoms. The minimum absolute atomic E-state index is 0.0403. The number of aromatic hydroxyl groups is 4. The molecule has 5 N–H and O–H groups in total. The topological polar surface area (TPSA) is 141 Å². The SMILES string of the molecule is COc1c(CCCCCCCCCCCCCO)c(O)cc2oc(-c3ccc(O)c(O)c3)c(O)c(=O)c12. The normalized spacial score (nSPS) is 11.3. The summed E-state index contributed by atoms with van der Waals surface area (Å²) in [5, 5.41) is 49.5. The van der Waals surface area contributed by atoms with Crippen LogP contribution in [0.1, 0.15) is 76.2 Å². The molecule has 0 radical (unpaired) electrons. The van der Waals surface area contributed by atoms with Crippen molar-refractivity contribution in [3.8, 4) is 40.1 Å². The van der Waals surface area contributed by atoms with Gasteiger partial charge in [0.15, 0.2) is 17.3 Å². The molecule has 0 aliphatic heterocycles. The monoisotopic (exact) mass is 514 g/mol. The number of fused-ring (bicyclic) bond motifs is 1. The molecule has 8 heteroatoms. The van der Waals surface area contributed by atoms with Crippen molar-refractivity contribution in [1.29, 1.82) is 0 Å². The molecule has 0 aliphatic rings. The standard InChI is InChI=1S/C29H38O8/c1-36-29-20(13-11-9-7-5-3-2-4-6-8-10-12-16-30)22(32)18-24-25(29)26(34)27(35)28(37-24)19-14-15-21(31)23(33)17-19/h14-15,17-18,30-33,35H,2-13,16H2,1H3. The fourth-order valence-electron chi connectivity index (χ4n) is 4.67. The van der Waals surface area contributed by atoms with E-state index in [0.717, 1.165) is 38.5 Å². The maximum absolute atomic E-state index is 13.1. The molecule has 0 spiro atoms. The van der Waals surface area contributed by atoms with E-state index in [0.29, 0.717) is 12.0 Å². The van der Waals surface area contributed by atoms with Crippen LogP contribution in [-0.4, -0.2) is 39.2 Å². The number of unbranched alkanes of at least 4 members (excludes halogenated alkanes) is 10. The predicted octanol–water partition coefficient (Wildman–Crippen LogP) is 6.12. The minimum Gasteiger partial charge on any atom is -0.507 e. The van der Waals surface area contributed by atoms with Crippen molar-refractivity contribution in [3.05, 3.63) is 40.1 Å². The summed E-state index contributed by atoms with van der Waals surface area (Å²) in [4.78, 5) is 13.1. The zero-order valence-electron chi connectivity index (χ0n) is 21.5. The summed E-state index contributed by atoms with van der Waals surface area (Å²) < 4.78 is 11.3. The number of benzene rings is 2. The summed E-state index contributed by atoms with van der Waals surface area (Å²) in [5.74, 6) is -1.49. The summed E-state index contributed by atoms with van der Waals surface area (Å²) in [6.07, 6.45) is 12.6. The summed E-state index contributed by atoms with van der Waals surface area (Å²) in [6.45, 7) is 0.285. The van der Waals surface area contributed by atoms with Gasteiger partial charge in [-0.1, -0.05) is 57.8 Å². The van der Waals surface area contributed by atoms with E-state index in [1.807, 2.05) is 0 Å². The Morgan fingerprint density at radius 1 is 0.757 bits per heavy atom. The van der Waals surface area contributed by atoms with Gasteiger partial charge in [-0.15, -0.1) is 0 Å². The minimum atomic E-state index is -0.710. The van der Waals surface area contributed by atoms with Crippen LogP contribution < -0.4 is 10.2 Å². The summed E-state index contributed by atoms with van der Waals surface area (Å²) in [5.41, 5.74) is 0.0220. The number of methoxy groups -OCH3 is 1. The first-order chi connectivity index (χ1) is 17.9. The highest BCUT2D eigenvalue weighted by Crippen LogP contribution is 2.40. The Hall–Kier alpha value is -3.39. The number of hydrogen-bond donors (Lipinski definition) is 5. The molecule has 0 saturated carbocycles. The van der Waals surface area contributed by atoms with Crippen LogP contribution in [0.4, 0.5) is 0 Å². The zero-order valence-corrected chi connectivity index (χ0v) is 21.5. The molecule has 8 nitrogen and oxygen atoms in total. The highest BCUT2D eigenvalue weighted by atomic mass is 16.5. The molecule has 0 amide bonds. The number of ether oxygens (including phenoxy) is 1. The van der Waals surface area contributed by atoms with Crippen LogP contribution in [0.2, 0.25) is 0 Å². The first kappa shape index (κ1) is 28.2. The smallest absolute Gasteiger partial charge is 0.238 e. The lowest BCUT2D eigenvalue weighted by atomic mass is 10.00. The number of aliphatic hydroxyl groups is 1. The highest BCUT2D eigenvalue weighted by Gasteiger charge is 2.23. The van der Waals surface area contributed by atoms with Gasteiger partial charge in [-0.2, -0.15) is 0 Å². The molecular formula is C29H38O8. The third kappa shape index (κ3) is 7.10. The molecule has 0 aliphatic carbocycles. The lowest BCUT2D eigenvalue weighted by Gasteiger charge is -2.14. The number of aliphatic hydroxyl groups excluding tert-OH is 1. The Balaban J connectivity index is 1.65. The number of phenolic OH excluding ortho intramolecular Hbond substituents is 3. The summed E-state index contributed by atoms with van der Waals surface area (Å²) in [6, 6.07) is 5.13. The van der Waals surface area contributed by atoms with Crippen molar-refractivity contribution in [2.75, 3.05) is 13.7 Å². The van der Waals surface area contributed by atoms with Gasteiger partial charge in [0.2, 0.25) is 11.2 Å². The Morgan fingerprint density at radius 3 is 1.92 bits per heavy atom. The van der Waals surface area contributed by atoms with Gasteiger partial charge in [-0.3, -0.25) is 4.79 Å². The van der Waals surface area contributed by atoms with E-state index in [1.54, 1.807) is 0 Å². The molecule has 0 saturated heterocycles. The van der Waals surface area contributed by atoms with Gasteiger partial charge in [0.05, 0.1) is 7.11 Å². The maximum Gasteiger partial charge on any atom is 0.238 e. The molecule has 3 rings (SSSR count). The molecule has 0 fully saturated rings. The fraction of sp³-hybridized carbons (Fsp3) is 0.483. The van der Waals surface area contributed by atoms with E-state index >= 15 is 0 Å². The Kier molecular flexibility index (Phi) is 10.5. The van der Waals surface area contributed by atoms with Crippen LogP contribution >= 0.6 is 0 Å². The number of phenols is 3. The lowest BCUT2D eigenvalue weighted by molar-refractivity contribution is 0.282. The van der Waals surface area contributed by atoms with Gasteiger partial charge in [-0.25, -0.2) is 0 Å². The van der Waals surface area contributed by atoms with Gasteiger partial charge < -0.3 is 34.7 Å². The van der Waals surface area contributed by atoms with Crippen molar-refractivity contribution < 1.29 is 34.7 Å². The number of hydrogen-bond acceptors (Lipinski definition) is 8. The molecule has 37 heavy (non-hydrogen) atoms. The Bertz CT molecular complexity index is 1230. The second-order valence-electron chi connectivity index (χ2n) is 9.46. The highest BCUT2D eigenvalue weighted by molar-refractivity contribution is 5.90. The van der Waals surface area contributed by atoms with Gasteiger partial charge >= 0.3 is 0 Å². The van der Waals surface area contributed by atoms with E-state index in [-0.39, 0.29) is 46.1 Å². The maximum atomic E-state index is 13.1. The quantitative estimate of drug-likeness (QED) is 0.121. The van der Waals surface area contributed by atoms with Crippen molar-refractivity contribution >= 4 is 11.0 Å². The van der Waals surface area contributed by atoms with Crippen LogP contribution in [0.5, 0.6) is 28.7 Å². The molecule has 2 aromatic carbocycles.